The minimum absolute atomic E-state index is 0.0603. The summed E-state index contributed by atoms with van der Waals surface area (Å²) in [5, 5.41) is 0. The Morgan fingerprint density at radius 2 is 1.48 bits per heavy atom. The molecule has 0 spiro atoms. The molecule has 0 aliphatic carbocycles. The van der Waals surface area contributed by atoms with Gasteiger partial charge in [-0.05, 0) is 26.2 Å². The second-order valence-electron chi connectivity index (χ2n) is 10.8. The first-order valence-electron chi connectivity index (χ1n) is 15.3. The van der Waals surface area contributed by atoms with E-state index in [0.717, 1.165) is 19.3 Å². The lowest BCUT2D eigenvalue weighted by Gasteiger charge is -2.14. The van der Waals surface area contributed by atoms with Gasteiger partial charge in [0.1, 0.15) is 12.8 Å². The summed E-state index contributed by atoms with van der Waals surface area (Å²) in [4.78, 5) is 37.5. The van der Waals surface area contributed by atoms with Crippen LogP contribution in [0.4, 0.5) is 4.79 Å². The summed E-state index contributed by atoms with van der Waals surface area (Å²) in [7, 11) is -2.69. The molecule has 1 aromatic rings. The number of carbonyl (C=O) groups is 1. The lowest BCUT2D eigenvalue weighted by Crippen LogP contribution is -2.33. The van der Waals surface area contributed by atoms with Gasteiger partial charge in [-0.15, -0.1) is 9.05 Å². The first-order valence-corrected chi connectivity index (χ1v) is 16.4. The van der Waals surface area contributed by atoms with E-state index < -0.39 is 38.0 Å². The van der Waals surface area contributed by atoms with Crippen LogP contribution in [-0.4, -0.2) is 35.0 Å². The minimum Gasteiger partial charge on any atom is -0.431 e. The molecule has 0 radical (unpaired) electrons. The average Bonchev–Trinajstić information content (AvgIpc) is 3.40. The van der Waals surface area contributed by atoms with Gasteiger partial charge in [0.2, 0.25) is 0 Å². The van der Waals surface area contributed by atoms with Crippen molar-refractivity contribution in [2.45, 2.75) is 142 Å². The average molecular weight is 586 g/mol. The molecule has 0 saturated carbocycles. The zero-order valence-corrected chi connectivity index (χ0v) is 25.4. The summed E-state index contributed by atoms with van der Waals surface area (Å²) >= 11 is 0. The number of nitrogens with one attached hydrogen (secondary N) is 1. The van der Waals surface area contributed by atoms with Gasteiger partial charge in [-0.1, -0.05) is 103 Å². The van der Waals surface area contributed by atoms with Gasteiger partial charge in [0.25, 0.3) is 5.56 Å². The highest BCUT2D eigenvalue weighted by molar-refractivity contribution is 7.34. The largest absolute Gasteiger partial charge is 0.756 e. The van der Waals surface area contributed by atoms with Gasteiger partial charge in [-0.2, -0.15) is 4.79 Å². The molecule has 0 aromatic carbocycles. The van der Waals surface area contributed by atoms with Crippen LogP contribution < -0.4 is 11.2 Å². The Labute approximate surface area is 239 Å². The monoisotopic (exact) mass is 585 g/mol. The maximum absolute atomic E-state index is 12.0. The number of rotatable bonds is 22. The Kier molecular flexibility index (Phi) is 17.8. The number of unbranched alkanes of at least 4 members (excludes halogenated alkanes) is 15. The highest BCUT2D eigenvalue weighted by atomic mass is 31.1. The molecule has 11 heteroatoms. The van der Waals surface area contributed by atoms with Crippen LogP contribution in [0.15, 0.2) is 15.8 Å². The van der Waals surface area contributed by atoms with E-state index in [1.165, 1.54) is 94.2 Å². The molecule has 1 saturated heterocycles. The number of hydrogen-bond acceptors (Lipinski definition) is 8. The molecule has 0 bridgehead atoms. The molecule has 0 amide bonds. The number of aromatic nitrogens is 2. The van der Waals surface area contributed by atoms with Crippen molar-refractivity contribution < 1.29 is 27.9 Å². The molecule has 1 aliphatic rings. The van der Waals surface area contributed by atoms with Crippen molar-refractivity contribution in [3.05, 3.63) is 32.6 Å². The van der Waals surface area contributed by atoms with Gasteiger partial charge in [-0.25, -0.2) is 4.79 Å². The highest BCUT2D eigenvalue weighted by Crippen LogP contribution is 2.31. The van der Waals surface area contributed by atoms with E-state index >= 15 is 0 Å². The maximum Gasteiger partial charge on any atom is 0.756 e. The number of carbonyl (C=O) groups excluding carboxylic acids is 1. The summed E-state index contributed by atoms with van der Waals surface area (Å²) < 4.78 is 33.8. The third kappa shape index (κ3) is 14.6. The molecule has 3 atom stereocenters. The number of H-pyrrole nitrogens is 1. The Hall–Kier alpha value is -2.03. The van der Waals surface area contributed by atoms with E-state index in [1.54, 1.807) is 6.92 Å². The molecule has 40 heavy (non-hydrogen) atoms. The first-order chi connectivity index (χ1) is 19.4. The Morgan fingerprint density at radius 3 is 2.05 bits per heavy atom. The smallest absolute Gasteiger partial charge is 0.431 e. The van der Waals surface area contributed by atoms with Gasteiger partial charge < -0.3 is 9.47 Å². The number of nitrogens with zero attached hydrogens (tertiary/aromatic N) is 1. The molecule has 1 aliphatic heterocycles. The van der Waals surface area contributed by atoms with Crippen molar-refractivity contribution in [1.82, 2.24) is 9.55 Å². The predicted molar refractivity (Wildman–Crippen MR) is 155 cm³/mol. The van der Waals surface area contributed by atoms with Gasteiger partial charge in [-0.3, -0.25) is 14.3 Å². The van der Waals surface area contributed by atoms with E-state index in [-0.39, 0.29) is 13.2 Å². The summed E-state index contributed by atoms with van der Waals surface area (Å²) in [6.45, 7) is 4.03. The van der Waals surface area contributed by atoms with Crippen LogP contribution >= 0.6 is 8.25 Å². The first kappa shape index (κ1) is 34.2. The maximum atomic E-state index is 12.0. The van der Waals surface area contributed by atoms with Gasteiger partial charge in [0, 0.05) is 16.3 Å². The Bertz CT molecular complexity index is 980. The number of ether oxygens (including phenoxy) is 2. The fourth-order valence-electron chi connectivity index (χ4n) is 4.88. The van der Waals surface area contributed by atoms with E-state index in [9.17, 15) is 18.9 Å². The van der Waals surface area contributed by atoms with Crippen molar-refractivity contribution in [2.24, 2.45) is 0 Å². The molecular formula is C29H50N2O8P+. The van der Waals surface area contributed by atoms with Crippen molar-refractivity contribution in [3.8, 4) is 0 Å². The van der Waals surface area contributed by atoms with Crippen LogP contribution in [0.5, 0.6) is 0 Å². The van der Waals surface area contributed by atoms with Crippen LogP contribution in [0.25, 0.3) is 0 Å². The number of aryl methyl sites for hydroxylation is 1. The van der Waals surface area contributed by atoms with E-state index in [2.05, 4.69) is 16.4 Å². The van der Waals surface area contributed by atoms with Crippen LogP contribution in [0.1, 0.15) is 134 Å². The van der Waals surface area contributed by atoms with Gasteiger partial charge in [0.15, 0.2) is 0 Å². The lowest BCUT2D eigenvalue weighted by molar-refractivity contribution is -0.0212. The topological polar surface area (TPSA) is 126 Å². The van der Waals surface area contributed by atoms with Crippen molar-refractivity contribution in [2.75, 3.05) is 13.2 Å². The second kappa shape index (κ2) is 20.8. The standard InChI is InChI=1S/C29H49N2O8P/c1-3-4-5-6-7-8-9-10-11-12-13-14-15-16-17-18-21-36-29(34)39-40(35)37-23-25-19-20-26(38-25)31-22-24(2)27(32)30-28(31)33/h22,25-26H,3-21,23H2,1-2H3/p+1/t25-,26+/m0/s1. The second-order valence-corrected chi connectivity index (χ2v) is 11.7. The summed E-state index contributed by atoms with van der Waals surface area (Å²) in [6.07, 6.45) is 20.8. The summed E-state index contributed by atoms with van der Waals surface area (Å²) in [6, 6.07) is 0. The van der Waals surface area contributed by atoms with Crippen molar-refractivity contribution in [1.29, 1.82) is 0 Å². The molecular weight excluding hydrogens is 535 g/mol. The highest BCUT2D eigenvalue weighted by Gasteiger charge is 2.34. The summed E-state index contributed by atoms with van der Waals surface area (Å²) in [5.74, 6) is 0. The predicted octanol–water partition coefficient (Wildman–Crippen LogP) is 7.61. The van der Waals surface area contributed by atoms with E-state index in [4.69, 9.17) is 14.0 Å². The quantitative estimate of drug-likeness (QED) is 0.0837. The molecule has 228 valence electrons. The van der Waals surface area contributed by atoms with E-state index in [1.807, 2.05) is 0 Å². The Balaban J connectivity index is 1.40. The van der Waals surface area contributed by atoms with Crippen molar-refractivity contribution >= 4 is 14.4 Å². The van der Waals surface area contributed by atoms with Crippen LogP contribution in [0, 0.1) is 6.92 Å². The molecule has 2 rings (SSSR count). The zero-order valence-electron chi connectivity index (χ0n) is 24.5. The molecule has 1 fully saturated rings. The fourth-order valence-corrected chi connectivity index (χ4v) is 5.39. The molecule has 1 N–H and O–H groups in total. The SMILES string of the molecule is CCCCCCCCCCCCCCCCCCOC(=O)O[P+](=O)OC[C@@H]1CC[C@H](n2cc(C)c(=O)[nH]c2=O)O1. The van der Waals surface area contributed by atoms with Crippen LogP contribution in [0.2, 0.25) is 0 Å². The van der Waals surface area contributed by atoms with Gasteiger partial charge in [0.05, 0.1) is 12.7 Å². The van der Waals surface area contributed by atoms with Crippen LogP contribution in [0.3, 0.4) is 0 Å². The number of aromatic amines is 1. The van der Waals surface area contributed by atoms with E-state index in [0.29, 0.717) is 18.4 Å². The number of hydrogen-bond donors (Lipinski definition) is 1. The molecule has 10 nitrogen and oxygen atoms in total. The molecule has 2 heterocycles. The van der Waals surface area contributed by atoms with Crippen molar-refractivity contribution in [3.63, 3.8) is 0 Å². The fraction of sp³-hybridized carbons (Fsp3) is 0.828. The third-order valence-corrected chi connectivity index (χ3v) is 7.93. The molecule has 1 unspecified atom stereocenters. The molecule has 1 aromatic heterocycles. The third-order valence-electron chi connectivity index (χ3n) is 7.27. The summed E-state index contributed by atoms with van der Waals surface area (Å²) in [5.41, 5.74) is -0.587. The minimum atomic E-state index is -2.69. The lowest BCUT2D eigenvalue weighted by atomic mass is 10.0. The van der Waals surface area contributed by atoms with Gasteiger partial charge >= 0.3 is 20.1 Å². The van der Waals surface area contributed by atoms with Crippen LogP contribution in [-0.2, 0) is 23.1 Å². The Morgan fingerprint density at radius 1 is 0.925 bits per heavy atom. The normalized spacial score (nSPS) is 17.2. The zero-order chi connectivity index (χ0) is 29.0.